The highest BCUT2D eigenvalue weighted by Crippen LogP contribution is 2.40. The van der Waals surface area contributed by atoms with Crippen LogP contribution in [0.25, 0.3) is 0 Å². The van der Waals surface area contributed by atoms with Crippen LogP contribution in [-0.4, -0.2) is 12.5 Å². The number of rotatable bonds is 1. The molecular formula is C9H6ClF3O2. The molecule has 1 heterocycles. The molecule has 0 radical (unpaired) electrons. The summed E-state index contributed by atoms with van der Waals surface area (Å²) >= 11 is 5.52. The summed E-state index contributed by atoms with van der Waals surface area (Å²) < 4.78 is 46.7. The lowest BCUT2D eigenvalue weighted by atomic mass is 10.2. The quantitative estimate of drug-likeness (QED) is 0.700. The van der Waals surface area contributed by atoms with Crippen molar-refractivity contribution in [3.63, 3.8) is 0 Å². The van der Waals surface area contributed by atoms with Crippen LogP contribution >= 0.6 is 11.6 Å². The van der Waals surface area contributed by atoms with E-state index in [1.165, 1.54) is 18.2 Å². The lowest BCUT2D eigenvalue weighted by molar-refractivity contribution is -0.281. The van der Waals surface area contributed by atoms with Crippen molar-refractivity contribution in [2.75, 3.05) is 0 Å². The van der Waals surface area contributed by atoms with Gasteiger partial charge in [0.25, 0.3) is 0 Å². The molecule has 1 aromatic rings. The Labute approximate surface area is 88.5 Å². The van der Waals surface area contributed by atoms with Gasteiger partial charge in [-0.3, -0.25) is 0 Å². The Bertz CT molecular complexity index is 384. The van der Waals surface area contributed by atoms with Gasteiger partial charge >= 0.3 is 12.5 Å². The minimum Gasteiger partial charge on any atom is -0.447 e. The molecule has 6 heteroatoms. The Morgan fingerprint density at radius 2 is 2.07 bits per heavy atom. The van der Waals surface area contributed by atoms with Crippen LogP contribution in [0.1, 0.15) is 5.56 Å². The van der Waals surface area contributed by atoms with E-state index in [1.807, 2.05) is 0 Å². The second-order valence-corrected chi connectivity index (χ2v) is 3.28. The van der Waals surface area contributed by atoms with Crippen molar-refractivity contribution in [3.05, 3.63) is 23.8 Å². The van der Waals surface area contributed by atoms with Crippen LogP contribution in [0.4, 0.5) is 13.2 Å². The standard InChI is InChI=1S/C9H6ClF3O2/c10-4-5-1-2-6-7(3-5)14-8(11)9(12,13)15-6/h1-3,8H,4H2. The van der Waals surface area contributed by atoms with Crippen molar-refractivity contribution < 1.29 is 22.6 Å². The molecule has 0 saturated heterocycles. The van der Waals surface area contributed by atoms with Crippen molar-refractivity contribution in [2.45, 2.75) is 18.3 Å². The van der Waals surface area contributed by atoms with Crippen LogP contribution in [-0.2, 0) is 5.88 Å². The van der Waals surface area contributed by atoms with Crippen LogP contribution in [0.15, 0.2) is 18.2 Å². The summed E-state index contributed by atoms with van der Waals surface area (Å²) in [5.74, 6) is -0.0707. The van der Waals surface area contributed by atoms with Crippen molar-refractivity contribution in [3.8, 4) is 11.5 Å². The highest BCUT2D eigenvalue weighted by Gasteiger charge is 2.49. The normalized spacial score (nSPS) is 22.5. The van der Waals surface area contributed by atoms with E-state index in [4.69, 9.17) is 11.6 Å². The van der Waals surface area contributed by atoms with E-state index in [-0.39, 0.29) is 17.4 Å². The second kappa shape index (κ2) is 3.48. The molecule has 0 amide bonds. The van der Waals surface area contributed by atoms with Gasteiger partial charge < -0.3 is 9.47 Å². The SMILES string of the molecule is FC1Oc2cc(CCl)ccc2OC1(F)F. The number of benzene rings is 1. The number of ether oxygens (including phenoxy) is 2. The Balaban J connectivity index is 2.37. The first-order valence-electron chi connectivity index (χ1n) is 4.09. The van der Waals surface area contributed by atoms with Crippen molar-refractivity contribution >= 4 is 11.6 Å². The van der Waals surface area contributed by atoms with Gasteiger partial charge in [-0.05, 0) is 17.7 Å². The van der Waals surface area contributed by atoms with Gasteiger partial charge in [-0.25, -0.2) is 0 Å². The Morgan fingerprint density at radius 3 is 2.73 bits per heavy atom. The maximum absolute atomic E-state index is 12.7. The summed E-state index contributed by atoms with van der Waals surface area (Å²) in [6, 6.07) is 4.14. The van der Waals surface area contributed by atoms with E-state index in [0.717, 1.165) is 0 Å². The summed E-state index contributed by atoms with van der Waals surface area (Å²) in [5, 5.41) is 0. The molecule has 2 rings (SSSR count). The smallest absolute Gasteiger partial charge is 0.447 e. The average molecular weight is 239 g/mol. The molecule has 0 saturated carbocycles. The molecule has 82 valence electrons. The van der Waals surface area contributed by atoms with Gasteiger partial charge in [0.2, 0.25) is 0 Å². The van der Waals surface area contributed by atoms with E-state index in [9.17, 15) is 13.2 Å². The van der Waals surface area contributed by atoms with Crippen molar-refractivity contribution in [1.82, 2.24) is 0 Å². The first kappa shape index (κ1) is 10.4. The lowest BCUT2D eigenvalue weighted by Gasteiger charge is -2.28. The first-order chi connectivity index (χ1) is 7.03. The predicted octanol–water partition coefficient (Wildman–Crippen LogP) is 3.09. The van der Waals surface area contributed by atoms with E-state index in [2.05, 4.69) is 9.47 Å². The van der Waals surface area contributed by atoms with Crippen LogP contribution in [0, 0.1) is 0 Å². The third-order valence-corrected chi connectivity index (χ3v) is 2.21. The molecule has 1 unspecified atom stereocenters. The monoisotopic (exact) mass is 238 g/mol. The lowest BCUT2D eigenvalue weighted by Crippen LogP contribution is -2.43. The van der Waals surface area contributed by atoms with Crippen LogP contribution < -0.4 is 9.47 Å². The first-order valence-corrected chi connectivity index (χ1v) is 4.63. The van der Waals surface area contributed by atoms with Gasteiger partial charge in [-0.15, -0.1) is 11.6 Å². The van der Waals surface area contributed by atoms with Crippen molar-refractivity contribution in [1.29, 1.82) is 0 Å². The summed E-state index contributed by atoms with van der Waals surface area (Å²) in [7, 11) is 0. The molecule has 0 fully saturated rings. The van der Waals surface area contributed by atoms with Gasteiger partial charge in [0.05, 0.1) is 0 Å². The molecule has 0 bridgehead atoms. The number of alkyl halides is 4. The van der Waals surface area contributed by atoms with Crippen LogP contribution in [0.2, 0.25) is 0 Å². The Morgan fingerprint density at radius 1 is 1.33 bits per heavy atom. The Kier molecular flexibility index (Phi) is 2.42. The minimum absolute atomic E-state index is 0.0634. The van der Waals surface area contributed by atoms with Gasteiger partial charge in [0.1, 0.15) is 0 Å². The second-order valence-electron chi connectivity index (χ2n) is 3.01. The molecule has 2 nitrogen and oxygen atoms in total. The Hall–Kier alpha value is -1.10. The summed E-state index contributed by atoms with van der Waals surface area (Å²) in [6.07, 6.45) is -6.74. The fourth-order valence-electron chi connectivity index (χ4n) is 1.19. The van der Waals surface area contributed by atoms with Gasteiger partial charge in [-0.1, -0.05) is 6.07 Å². The zero-order valence-electron chi connectivity index (χ0n) is 7.34. The molecule has 1 aliphatic heterocycles. The van der Waals surface area contributed by atoms with E-state index in [0.29, 0.717) is 5.56 Å². The fourth-order valence-corrected chi connectivity index (χ4v) is 1.35. The van der Waals surface area contributed by atoms with Gasteiger partial charge in [0, 0.05) is 5.88 Å². The third kappa shape index (κ3) is 1.84. The summed E-state index contributed by atoms with van der Waals surface area (Å²) in [4.78, 5) is 0. The predicted molar refractivity (Wildman–Crippen MR) is 47.1 cm³/mol. The number of halogens is 4. The fraction of sp³-hybridized carbons (Fsp3) is 0.333. The average Bonchev–Trinajstić information content (AvgIpc) is 2.19. The number of fused-ring (bicyclic) bond motifs is 1. The third-order valence-electron chi connectivity index (χ3n) is 1.90. The molecule has 1 aliphatic rings. The summed E-state index contributed by atoms with van der Waals surface area (Å²) in [6.45, 7) is 0. The zero-order chi connectivity index (χ0) is 11.1. The minimum atomic E-state index is -3.95. The largest absolute Gasteiger partial charge is 0.468 e. The maximum atomic E-state index is 12.7. The highest BCUT2D eigenvalue weighted by atomic mass is 35.5. The van der Waals surface area contributed by atoms with E-state index >= 15 is 0 Å². The molecule has 1 atom stereocenters. The molecule has 1 aromatic carbocycles. The molecule has 0 aliphatic carbocycles. The maximum Gasteiger partial charge on any atom is 0.468 e. The van der Waals surface area contributed by atoms with Crippen molar-refractivity contribution in [2.24, 2.45) is 0 Å². The topological polar surface area (TPSA) is 18.5 Å². The van der Waals surface area contributed by atoms with E-state index < -0.39 is 12.5 Å². The molecule has 0 N–H and O–H groups in total. The summed E-state index contributed by atoms with van der Waals surface area (Å²) in [5.41, 5.74) is 0.636. The number of hydrogen-bond acceptors (Lipinski definition) is 2. The molecule has 0 spiro atoms. The number of hydrogen-bond donors (Lipinski definition) is 0. The highest BCUT2D eigenvalue weighted by molar-refractivity contribution is 6.17. The molecular weight excluding hydrogens is 233 g/mol. The van der Waals surface area contributed by atoms with Gasteiger partial charge in [-0.2, -0.15) is 13.2 Å². The van der Waals surface area contributed by atoms with Gasteiger partial charge in [0.15, 0.2) is 11.5 Å². The van der Waals surface area contributed by atoms with E-state index in [1.54, 1.807) is 0 Å². The zero-order valence-corrected chi connectivity index (χ0v) is 8.10. The van der Waals surface area contributed by atoms with Crippen LogP contribution in [0.3, 0.4) is 0 Å². The molecule has 0 aromatic heterocycles. The van der Waals surface area contributed by atoms with Crippen LogP contribution in [0.5, 0.6) is 11.5 Å². The molecule has 15 heavy (non-hydrogen) atoms.